The fourth-order valence-corrected chi connectivity index (χ4v) is 9.79. The monoisotopic (exact) mass is 903 g/mol. The summed E-state index contributed by atoms with van der Waals surface area (Å²) in [5, 5.41) is 3.15. The molecule has 0 saturated heterocycles. The fourth-order valence-electron chi connectivity index (χ4n) is 9.33. The Morgan fingerprint density at radius 3 is 1.30 bits per heavy atom. The van der Waals surface area contributed by atoms with Crippen molar-refractivity contribution in [1.82, 2.24) is 0 Å². The zero-order valence-electron chi connectivity index (χ0n) is 34.3. The molecule has 4 atom stereocenters. The Bertz CT molecular complexity index is 1470. The van der Waals surface area contributed by atoms with Gasteiger partial charge in [0.15, 0.2) is 0 Å². The molecule has 9 rings (SSSR count). The van der Waals surface area contributed by atoms with E-state index < -0.39 is 0 Å². The Morgan fingerprint density at radius 1 is 0.537 bits per heavy atom. The number of hydrogen-bond donors (Lipinski definition) is 0. The van der Waals surface area contributed by atoms with E-state index in [9.17, 15) is 0 Å². The van der Waals surface area contributed by atoms with E-state index >= 15 is 0 Å². The van der Waals surface area contributed by atoms with Gasteiger partial charge >= 0.3 is 37.7 Å². The maximum absolute atomic E-state index is 3.60. The molecule has 5 heteroatoms. The van der Waals surface area contributed by atoms with Gasteiger partial charge in [-0.05, 0) is 100 Å². The second kappa shape index (κ2) is 28.0. The molecule has 4 aromatic rings. The Labute approximate surface area is 380 Å². The predicted octanol–water partition coefficient (Wildman–Crippen LogP) is 10.3. The Hall–Kier alpha value is -0.485. The average molecular weight is 907 g/mol. The van der Waals surface area contributed by atoms with E-state index in [1.165, 1.54) is 81.0 Å². The van der Waals surface area contributed by atoms with Crippen LogP contribution in [0.25, 0.3) is 22.3 Å². The summed E-state index contributed by atoms with van der Waals surface area (Å²) in [5.74, 6) is 5.27. The smallest absolute Gasteiger partial charge is 0.343 e. The van der Waals surface area contributed by atoms with E-state index in [1.807, 2.05) is 13.8 Å². The Balaban J connectivity index is 0.000000247. The largest absolute Gasteiger partial charge is 1.00 e. The van der Waals surface area contributed by atoms with Crippen LogP contribution in [0.3, 0.4) is 0 Å². The summed E-state index contributed by atoms with van der Waals surface area (Å²) in [6.07, 6.45) is 18.7. The number of fused-ring (bicyclic) bond motifs is 9. The van der Waals surface area contributed by atoms with Crippen molar-refractivity contribution in [1.29, 1.82) is 0 Å². The van der Waals surface area contributed by atoms with Crippen molar-refractivity contribution in [2.45, 2.75) is 110 Å². The van der Waals surface area contributed by atoms with E-state index in [0.29, 0.717) is 5.92 Å². The van der Waals surface area contributed by atoms with Gasteiger partial charge in [-0.25, -0.2) is 0 Å². The van der Waals surface area contributed by atoms with Gasteiger partial charge in [0.05, 0.1) is 0 Å². The van der Waals surface area contributed by atoms with Gasteiger partial charge in [0.25, 0.3) is 0 Å². The maximum Gasteiger partial charge on any atom is 1.00 e. The molecule has 0 bridgehead atoms. The van der Waals surface area contributed by atoms with Crippen molar-refractivity contribution >= 4 is 47.8 Å². The van der Waals surface area contributed by atoms with Crippen molar-refractivity contribution in [3.63, 3.8) is 0 Å². The molecule has 0 aromatic heterocycles. The van der Waals surface area contributed by atoms with Crippen LogP contribution in [0.2, 0.25) is 0 Å². The summed E-state index contributed by atoms with van der Waals surface area (Å²) >= 11 is 9.97. The van der Waals surface area contributed by atoms with Crippen LogP contribution in [-0.2, 0) is 6.42 Å². The van der Waals surface area contributed by atoms with Gasteiger partial charge in [-0.1, -0.05) is 211 Å². The van der Waals surface area contributed by atoms with Gasteiger partial charge in [-0.15, -0.1) is 0 Å². The molecule has 0 heterocycles. The van der Waals surface area contributed by atoms with Gasteiger partial charge < -0.3 is 6.92 Å². The van der Waals surface area contributed by atoms with Crippen LogP contribution < -0.4 is 37.7 Å². The molecule has 4 aromatic carbocycles. The van der Waals surface area contributed by atoms with Crippen molar-refractivity contribution in [3.8, 4) is 22.3 Å². The van der Waals surface area contributed by atoms with Crippen LogP contribution in [-0.4, -0.2) is 16.0 Å². The van der Waals surface area contributed by atoms with E-state index in [2.05, 4.69) is 159 Å². The first-order valence-corrected chi connectivity index (χ1v) is 23.8. The summed E-state index contributed by atoms with van der Waals surface area (Å²) in [7, 11) is 0. The first-order chi connectivity index (χ1) is 25.6. The molecule has 5 aliphatic rings. The van der Waals surface area contributed by atoms with Crippen molar-refractivity contribution in [2.75, 3.05) is 16.0 Å². The minimum Gasteiger partial charge on any atom is -0.343 e. The van der Waals surface area contributed by atoms with E-state index in [-0.39, 0.29) is 37.7 Å². The third-order valence-electron chi connectivity index (χ3n) is 11.6. The molecule has 282 valence electrons. The maximum atomic E-state index is 3.60. The number of unbranched alkanes of at least 4 members (excludes halogenated alkanes) is 1. The van der Waals surface area contributed by atoms with Crippen molar-refractivity contribution < 1.29 is 37.7 Å². The summed E-state index contributed by atoms with van der Waals surface area (Å²) in [6, 6.07) is 34.9. The summed E-state index contributed by atoms with van der Waals surface area (Å²) in [4.78, 5) is 0. The van der Waals surface area contributed by atoms with Gasteiger partial charge in [0, 0.05) is 21.9 Å². The molecule has 0 amide bonds. The second-order valence-electron chi connectivity index (χ2n) is 14.6. The molecule has 3 saturated carbocycles. The first kappa shape index (κ1) is 49.7. The second-order valence-corrected chi connectivity index (χ2v) is 17.0. The molecule has 0 spiro atoms. The number of hydrogen-bond acceptors (Lipinski definition) is 0. The molecule has 4 unspecified atom stereocenters. The molecular weight excluding hydrogens is 842 g/mol. The van der Waals surface area contributed by atoms with Crippen LogP contribution in [0, 0.1) is 30.6 Å². The number of halogens is 3. The predicted molar refractivity (Wildman–Crippen MR) is 242 cm³/mol. The molecule has 5 aliphatic carbocycles. The first-order valence-electron chi connectivity index (χ1n) is 20.5. The molecule has 54 heavy (non-hydrogen) atoms. The summed E-state index contributed by atoms with van der Waals surface area (Å²) in [5.41, 5.74) is 11.6. The van der Waals surface area contributed by atoms with Gasteiger partial charge in [-0.2, -0.15) is 6.42 Å². The molecule has 0 radical (unpaired) electrons. The van der Waals surface area contributed by atoms with E-state index in [0.717, 1.165) is 28.8 Å². The molecule has 0 nitrogen and oxygen atoms in total. The third-order valence-corrected chi connectivity index (χ3v) is 13.9. The topological polar surface area (TPSA) is 0 Å². The van der Waals surface area contributed by atoms with Gasteiger partial charge in [0.2, 0.25) is 0 Å². The Kier molecular flexibility index (Phi) is 25.8. The minimum absolute atomic E-state index is 0. The zero-order chi connectivity index (χ0) is 37.1. The zero-order valence-corrected chi connectivity index (χ0v) is 39.0. The SMILES string of the molecule is BrCCBr.BrCCC1c2ccccc2-c2ccccc21.C1CCC2C(C1)CC1CCCCC12.CC.[CH2-]CCC.[Li+].[Li+].c1ccc2c(c1)Cc1ccccc1-2. The van der Waals surface area contributed by atoms with Gasteiger partial charge in [-0.3, -0.25) is 0 Å². The van der Waals surface area contributed by atoms with Gasteiger partial charge in [0.1, 0.15) is 0 Å². The molecule has 3 fully saturated rings. The number of rotatable bonds is 4. The van der Waals surface area contributed by atoms with Crippen LogP contribution in [0.4, 0.5) is 0 Å². The molecule has 0 aliphatic heterocycles. The fraction of sp³-hybridized carbons (Fsp3) is 0.490. The quantitative estimate of drug-likeness (QED) is 0.0958. The van der Waals surface area contributed by atoms with Crippen LogP contribution >= 0.6 is 47.8 Å². The van der Waals surface area contributed by atoms with Crippen LogP contribution in [0.1, 0.15) is 126 Å². The summed E-state index contributed by atoms with van der Waals surface area (Å²) in [6.45, 7) is 9.72. The van der Waals surface area contributed by atoms with E-state index in [4.69, 9.17) is 0 Å². The van der Waals surface area contributed by atoms with E-state index in [1.54, 1.807) is 57.8 Å². The average Bonchev–Trinajstić information content (AvgIpc) is 3.90. The summed E-state index contributed by atoms with van der Waals surface area (Å²) < 4.78 is 0. The van der Waals surface area contributed by atoms with Crippen molar-refractivity contribution in [2.24, 2.45) is 23.7 Å². The standard InChI is InChI=1S/C15H13Br.C13H22.C13H10.C4H9.C2H4Br2.C2H6.2Li/c16-10-9-15-13-7-3-1-5-11(13)12-6-2-4-8-14(12)15;2*1-3-7-12-10(5-1)9-11-6-2-4-8-13(11)12;1-3-4-2;3-1-2-4;1-2;;/h1-8,15H,9-10H2;10-13H,1-9H2;1-8H,9H2;1,3-4H2,2H3;1-2H2;1-2H3;;/q;;;-1;;;2*+1. The minimum atomic E-state index is 0. The Morgan fingerprint density at radius 2 is 0.907 bits per heavy atom. The number of alkyl halides is 3. The number of benzene rings is 4. The molecular formula is C49H64Br3Li2+. The van der Waals surface area contributed by atoms with Crippen molar-refractivity contribution in [3.05, 3.63) is 126 Å². The normalized spacial score (nSPS) is 20.2. The third kappa shape index (κ3) is 13.5. The molecule has 0 N–H and O–H groups in total. The van der Waals surface area contributed by atoms with Crippen LogP contribution in [0.15, 0.2) is 97.1 Å². The van der Waals surface area contributed by atoms with Crippen LogP contribution in [0.5, 0.6) is 0 Å².